The number of carboxylic acid groups (broad SMARTS) is 1. The average molecular weight is 252 g/mol. The van der Waals surface area contributed by atoms with Gasteiger partial charge in [-0.2, -0.15) is 0 Å². The van der Waals surface area contributed by atoms with Gasteiger partial charge in [-0.3, -0.25) is 14.7 Å². The number of hydrogen-bond acceptors (Lipinski definition) is 6. The van der Waals surface area contributed by atoms with Crippen LogP contribution in [0.25, 0.3) is 0 Å². The second-order valence-corrected chi connectivity index (χ2v) is 4.09. The minimum Gasteiger partial charge on any atom is -0.480 e. The molecule has 1 aliphatic heterocycles. The Morgan fingerprint density at radius 3 is 3.11 bits per heavy atom. The van der Waals surface area contributed by atoms with Gasteiger partial charge in [0.15, 0.2) is 0 Å². The van der Waals surface area contributed by atoms with E-state index in [9.17, 15) is 4.79 Å². The quantitative estimate of drug-likeness (QED) is 0.735. The SMILES string of the molecule is COc1nccnc1CN1CCN[C@H](C(=O)O)C1. The van der Waals surface area contributed by atoms with Crippen LogP contribution in [-0.2, 0) is 11.3 Å². The Kier molecular flexibility index (Phi) is 4.06. The van der Waals surface area contributed by atoms with Crippen molar-refractivity contribution in [3.05, 3.63) is 18.1 Å². The normalized spacial score (nSPS) is 20.6. The van der Waals surface area contributed by atoms with Crippen molar-refractivity contribution in [1.82, 2.24) is 20.2 Å². The van der Waals surface area contributed by atoms with Gasteiger partial charge in [-0.15, -0.1) is 0 Å². The van der Waals surface area contributed by atoms with Gasteiger partial charge in [-0.1, -0.05) is 0 Å². The van der Waals surface area contributed by atoms with Crippen molar-refractivity contribution in [3.63, 3.8) is 0 Å². The topological polar surface area (TPSA) is 87.6 Å². The van der Waals surface area contributed by atoms with Crippen molar-refractivity contribution in [2.75, 3.05) is 26.7 Å². The van der Waals surface area contributed by atoms with E-state index in [1.54, 1.807) is 19.5 Å². The van der Waals surface area contributed by atoms with Crippen molar-refractivity contribution >= 4 is 5.97 Å². The highest BCUT2D eigenvalue weighted by molar-refractivity contribution is 5.73. The smallest absolute Gasteiger partial charge is 0.322 e. The van der Waals surface area contributed by atoms with Crippen molar-refractivity contribution in [1.29, 1.82) is 0 Å². The number of aromatic nitrogens is 2. The first-order chi connectivity index (χ1) is 8.70. The predicted octanol–water partition coefficient (Wildman–Crippen LogP) is -0.656. The van der Waals surface area contributed by atoms with Crippen LogP contribution in [0, 0.1) is 0 Å². The molecule has 1 aliphatic rings. The molecule has 0 aliphatic carbocycles. The van der Waals surface area contributed by atoms with Crippen LogP contribution in [-0.4, -0.2) is 58.7 Å². The molecular weight excluding hydrogens is 236 g/mol. The van der Waals surface area contributed by atoms with Crippen LogP contribution in [0.15, 0.2) is 12.4 Å². The van der Waals surface area contributed by atoms with Crippen molar-refractivity contribution in [3.8, 4) is 5.88 Å². The number of rotatable bonds is 4. The summed E-state index contributed by atoms with van der Waals surface area (Å²) in [6, 6.07) is -0.526. The standard InChI is InChI=1S/C11H16N4O3/c1-18-10-8(12-2-3-14-10)6-15-5-4-13-9(7-15)11(16)17/h2-3,9,13H,4-7H2,1H3,(H,16,17)/t9-/m0/s1. The molecule has 0 radical (unpaired) electrons. The van der Waals surface area contributed by atoms with E-state index in [-0.39, 0.29) is 0 Å². The Balaban J connectivity index is 2.02. The van der Waals surface area contributed by atoms with Gasteiger partial charge >= 0.3 is 5.97 Å². The zero-order chi connectivity index (χ0) is 13.0. The first kappa shape index (κ1) is 12.7. The summed E-state index contributed by atoms with van der Waals surface area (Å²) in [5.74, 6) is -0.339. The Labute approximate surface area is 105 Å². The lowest BCUT2D eigenvalue weighted by Gasteiger charge is -2.31. The molecule has 2 N–H and O–H groups in total. The Bertz CT molecular complexity index is 427. The summed E-state index contributed by atoms with van der Waals surface area (Å²) >= 11 is 0. The summed E-state index contributed by atoms with van der Waals surface area (Å²) in [7, 11) is 1.55. The van der Waals surface area contributed by atoms with E-state index in [2.05, 4.69) is 15.3 Å². The van der Waals surface area contributed by atoms with Gasteiger partial charge in [-0.05, 0) is 0 Å². The molecule has 1 saturated heterocycles. The molecule has 0 unspecified atom stereocenters. The molecular formula is C11H16N4O3. The molecule has 7 heteroatoms. The highest BCUT2D eigenvalue weighted by Crippen LogP contribution is 2.14. The largest absolute Gasteiger partial charge is 0.480 e. The molecule has 1 fully saturated rings. The lowest BCUT2D eigenvalue weighted by atomic mass is 10.2. The maximum absolute atomic E-state index is 10.9. The van der Waals surface area contributed by atoms with E-state index >= 15 is 0 Å². The lowest BCUT2D eigenvalue weighted by molar-refractivity contribution is -0.140. The third-order valence-electron chi connectivity index (χ3n) is 2.86. The minimum atomic E-state index is -0.828. The van der Waals surface area contributed by atoms with Crippen LogP contribution in [0.1, 0.15) is 5.69 Å². The van der Waals surface area contributed by atoms with Crippen molar-refractivity contribution < 1.29 is 14.6 Å². The van der Waals surface area contributed by atoms with E-state index in [4.69, 9.17) is 9.84 Å². The number of methoxy groups -OCH3 is 1. The van der Waals surface area contributed by atoms with Gasteiger partial charge in [0.1, 0.15) is 11.7 Å². The Morgan fingerprint density at radius 1 is 1.61 bits per heavy atom. The number of carbonyl (C=O) groups is 1. The van der Waals surface area contributed by atoms with Crippen molar-refractivity contribution in [2.45, 2.75) is 12.6 Å². The van der Waals surface area contributed by atoms with Gasteiger partial charge < -0.3 is 15.2 Å². The molecule has 1 atom stereocenters. The fraction of sp³-hybridized carbons (Fsp3) is 0.545. The van der Waals surface area contributed by atoms with Gasteiger partial charge in [0.2, 0.25) is 5.88 Å². The van der Waals surface area contributed by atoms with Crippen molar-refractivity contribution in [2.24, 2.45) is 0 Å². The van der Waals surface area contributed by atoms with Crippen LogP contribution >= 0.6 is 0 Å². The number of ether oxygens (including phenoxy) is 1. The van der Waals surface area contributed by atoms with E-state index in [0.29, 0.717) is 25.5 Å². The second-order valence-electron chi connectivity index (χ2n) is 4.09. The maximum Gasteiger partial charge on any atom is 0.322 e. The predicted molar refractivity (Wildman–Crippen MR) is 63.3 cm³/mol. The summed E-state index contributed by atoms with van der Waals surface area (Å²) in [6.07, 6.45) is 3.18. The van der Waals surface area contributed by atoms with Gasteiger partial charge in [0, 0.05) is 38.6 Å². The summed E-state index contributed by atoms with van der Waals surface area (Å²) < 4.78 is 5.13. The van der Waals surface area contributed by atoms with Gasteiger partial charge in [-0.25, -0.2) is 4.98 Å². The fourth-order valence-electron chi connectivity index (χ4n) is 1.96. The van der Waals surface area contributed by atoms with Gasteiger partial charge in [0.05, 0.1) is 7.11 Å². The van der Waals surface area contributed by atoms with Crippen LogP contribution in [0.5, 0.6) is 5.88 Å². The monoisotopic (exact) mass is 252 g/mol. The third-order valence-corrected chi connectivity index (χ3v) is 2.86. The summed E-state index contributed by atoms with van der Waals surface area (Å²) in [5, 5.41) is 11.9. The summed E-state index contributed by atoms with van der Waals surface area (Å²) in [4.78, 5) is 21.3. The Morgan fingerprint density at radius 2 is 2.39 bits per heavy atom. The molecule has 18 heavy (non-hydrogen) atoms. The van der Waals surface area contributed by atoms with E-state index in [0.717, 1.165) is 12.2 Å². The van der Waals surface area contributed by atoms with E-state index in [1.165, 1.54) is 0 Å². The number of nitrogens with one attached hydrogen (secondary N) is 1. The maximum atomic E-state index is 10.9. The van der Waals surface area contributed by atoms with Crippen LogP contribution in [0.3, 0.4) is 0 Å². The zero-order valence-electron chi connectivity index (χ0n) is 10.2. The first-order valence-electron chi connectivity index (χ1n) is 5.73. The molecule has 7 nitrogen and oxygen atoms in total. The highest BCUT2D eigenvalue weighted by Gasteiger charge is 2.25. The van der Waals surface area contributed by atoms with Gasteiger partial charge in [0.25, 0.3) is 0 Å². The molecule has 0 bridgehead atoms. The summed E-state index contributed by atoms with van der Waals surface area (Å²) in [5.41, 5.74) is 0.728. The molecule has 2 heterocycles. The van der Waals surface area contributed by atoms with Crippen LogP contribution in [0.4, 0.5) is 0 Å². The number of carboxylic acids is 1. The highest BCUT2D eigenvalue weighted by atomic mass is 16.5. The first-order valence-corrected chi connectivity index (χ1v) is 5.73. The number of piperazine rings is 1. The van der Waals surface area contributed by atoms with E-state index < -0.39 is 12.0 Å². The van der Waals surface area contributed by atoms with Crippen LogP contribution < -0.4 is 10.1 Å². The summed E-state index contributed by atoms with van der Waals surface area (Å²) in [6.45, 7) is 2.43. The second kappa shape index (κ2) is 5.74. The average Bonchev–Trinajstić information content (AvgIpc) is 2.39. The van der Waals surface area contributed by atoms with Crippen LogP contribution in [0.2, 0.25) is 0 Å². The van der Waals surface area contributed by atoms with E-state index in [1.807, 2.05) is 4.90 Å². The molecule has 1 aromatic heterocycles. The number of hydrogen-bond donors (Lipinski definition) is 2. The number of aliphatic carboxylic acids is 1. The number of nitrogens with zero attached hydrogens (tertiary/aromatic N) is 3. The minimum absolute atomic E-state index is 0.453. The molecule has 2 rings (SSSR count). The molecule has 0 amide bonds. The fourth-order valence-corrected chi connectivity index (χ4v) is 1.96. The molecule has 0 saturated carbocycles. The molecule has 98 valence electrons. The molecule has 0 aromatic carbocycles. The molecule has 0 spiro atoms. The molecule has 1 aromatic rings. The third kappa shape index (κ3) is 2.93. The zero-order valence-corrected chi connectivity index (χ0v) is 10.2. The Hall–Kier alpha value is -1.73. The lowest BCUT2D eigenvalue weighted by Crippen LogP contribution is -2.53.